The van der Waals surface area contributed by atoms with E-state index in [4.69, 9.17) is 10.8 Å². The third-order valence-electron chi connectivity index (χ3n) is 2.06. The van der Waals surface area contributed by atoms with Gasteiger partial charge in [-0.2, -0.15) is 0 Å². The minimum atomic E-state index is -1.60. The molecule has 0 radical (unpaired) electrons. The molecule has 6 nitrogen and oxygen atoms in total. The van der Waals surface area contributed by atoms with Gasteiger partial charge in [0.25, 0.3) is 0 Å². The Bertz CT molecular complexity index is 430. The van der Waals surface area contributed by atoms with Gasteiger partial charge in [0.2, 0.25) is 5.91 Å². The van der Waals surface area contributed by atoms with Crippen molar-refractivity contribution >= 4 is 17.7 Å². The SMILES string of the molecule is NCC(=O)NC(C(=O)O)C(=O)c1ccccc1. The normalized spacial score (nSPS) is 11.6. The van der Waals surface area contributed by atoms with Crippen molar-refractivity contribution in [3.8, 4) is 0 Å². The van der Waals surface area contributed by atoms with Crippen molar-refractivity contribution in [3.05, 3.63) is 35.9 Å². The zero-order chi connectivity index (χ0) is 12.8. The summed E-state index contributed by atoms with van der Waals surface area (Å²) >= 11 is 0. The lowest BCUT2D eigenvalue weighted by atomic mass is 10.0. The second-order valence-electron chi connectivity index (χ2n) is 3.27. The second-order valence-corrected chi connectivity index (χ2v) is 3.27. The fraction of sp³-hybridized carbons (Fsp3) is 0.182. The first kappa shape index (κ1) is 12.9. The lowest BCUT2D eigenvalue weighted by molar-refractivity contribution is -0.140. The van der Waals surface area contributed by atoms with Crippen LogP contribution in [0, 0.1) is 0 Å². The van der Waals surface area contributed by atoms with Crippen LogP contribution in [0.3, 0.4) is 0 Å². The Morgan fingerprint density at radius 3 is 2.29 bits per heavy atom. The molecule has 1 amide bonds. The van der Waals surface area contributed by atoms with Gasteiger partial charge in [0.1, 0.15) is 0 Å². The summed E-state index contributed by atoms with van der Waals surface area (Å²) in [5, 5.41) is 10.9. The molecule has 1 atom stereocenters. The molecule has 0 aliphatic rings. The van der Waals surface area contributed by atoms with E-state index in [1.807, 2.05) is 0 Å². The summed E-state index contributed by atoms with van der Waals surface area (Å²) in [7, 11) is 0. The third kappa shape index (κ3) is 3.39. The van der Waals surface area contributed by atoms with E-state index in [-0.39, 0.29) is 12.1 Å². The molecule has 0 aliphatic carbocycles. The number of carboxylic acids is 1. The van der Waals surface area contributed by atoms with Crippen LogP contribution in [-0.2, 0) is 9.59 Å². The van der Waals surface area contributed by atoms with Gasteiger partial charge in [0.05, 0.1) is 6.54 Å². The summed E-state index contributed by atoms with van der Waals surface area (Å²) in [5.41, 5.74) is 5.26. The van der Waals surface area contributed by atoms with Crippen molar-refractivity contribution in [2.45, 2.75) is 6.04 Å². The van der Waals surface area contributed by atoms with Gasteiger partial charge < -0.3 is 16.2 Å². The largest absolute Gasteiger partial charge is 0.479 e. The van der Waals surface area contributed by atoms with Gasteiger partial charge in [-0.3, -0.25) is 9.59 Å². The maximum Gasteiger partial charge on any atom is 0.334 e. The van der Waals surface area contributed by atoms with Crippen LogP contribution in [0.1, 0.15) is 10.4 Å². The number of carbonyl (C=O) groups is 3. The number of nitrogens with one attached hydrogen (secondary N) is 1. The van der Waals surface area contributed by atoms with Crippen LogP contribution in [0.4, 0.5) is 0 Å². The first-order chi connectivity index (χ1) is 8.06. The number of benzene rings is 1. The molecule has 0 saturated carbocycles. The minimum Gasteiger partial charge on any atom is -0.479 e. The first-order valence-electron chi connectivity index (χ1n) is 4.87. The average Bonchev–Trinajstić information content (AvgIpc) is 2.35. The summed E-state index contributed by atoms with van der Waals surface area (Å²) in [6, 6.07) is 6.27. The molecule has 0 bridgehead atoms. The van der Waals surface area contributed by atoms with Crippen LogP contribution in [0.15, 0.2) is 30.3 Å². The van der Waals surface area contributed by atoms with E-state index in [1.54, 1.807) is 18.2 Å². The second kappa shape index (κ2) is 5.76. The van der Waals surface area contributed by atoms with Crippen LogP contribution in [0.5, 0.6) is 0 Å². The van der Waals surface area contributed by atoms with E-state index in [0.717, 1.165) is 0 Å². The number of aliphatic carboxylic acids is 1. The van der Waals surface area contributed by atoms with Gasteiger partial charge in [0.15, 0.2) is 11.8 Å². The number of hydrogen-bond donors (Lipinski definition) is 3. The van der Waals surface area contributed by atoms with Crippen LogP contribution >= 0.6 is 0 Å². The minimum absolute atomic E-state index is 0.220. The topological polar surface area (TPSA) is 109 Å². The molecule has 1 aromatic rings. The van der Waals surface area contributed by atoms with Gasteiger partial charge in [-0.05, 0) is 0 Å². The highest BCUT2D eigenvalue weighted by molar-refractivity contribution is 6.13. The first-order valence-corrected chi connectivity index (χ1v) is 4.87. The highest BCUT2D eigenvalue weighted by atomic mass is 16.4. The number of rotatable bonds is 5. The molecule has 4 N–H and O–H groups in total. The van der Waals surface area contributed by atoms with Gasteiger partial charge in [0, 0.05) is 5.56 Å². The van der Waals surface area contributed by atoms with E-state index in [0.29, 0.717) is 0 Å². The Morgan fingerprint density at radius 1 is 1.24 bits per heavy atom. The maximum atomic E-state index is 11.8. The summed E-state index contributed by atoms with van der Waals surface area (Å²) in [5.74, 6) is -2.79. The van der Waals surface area contributed by atoms with Gasteiger partial charge in [-0.25, -0.2) is 4.79 Å². The van der Waals surface area contributed by atoms with E-state index >= 15 is 0 Å². The summed E-state index contributed by atoms with van der Waals surface area (Å²) in [6.45, 7) is -0.369. The Balaban J connectivity index is 2.89. The molecule has 6 heteroatoms. The highest BCUT2D eigenvalue weighted by Gasteiger charge is 2.28. The third-order valence-corrected chi connectivity index (χ3v) is 2.06. The summed E-state index contributed by atoms with van der Waals surface area (Å²) in [6.07, 6.45) is 0. The number of hydrogen-bond acceptors (Lipinski definition) is 4. The number of Topliss-reactive ketones (excluding diaryl/α,β-unsaturated/α-hetero) is 1. The van der Waals surface area contributed by atoms with Gasteiger partial charge in [-0.15, -0.1) is 0 Å². The fourth-order valence-corrected chi connectivity index (χ4v) is 1.23. The predicted octanol–water partition coefficient (Wildman–Crippen LogP) is -0.603. The quantitative estimate of drug-likeness (QED) is 0.467. The molecular formula is C11H12N2O4. The Morgan fingerprint density at radius 2 is 1.82 bits per heavy atom. The molecule has 1 rings (SSSR count). The standard InChI is InChI=1S/C11H12N2O4/c12-6-8(14)13-9(11(16)17)10(15)7-4-2-1-3-5-7/h1-5,9H,6,12H2,(H,13,14)(H,16,17). The van der Waals surface area contributed by atoms with E-state index < -0.39 is 23.7 Å². The van der Waals surface area contributed by atoms with Crippen molar-refractivity contribution in [2.24, 2.45) is 5.73 Å². The number of ketones is 1. The molecule has 0 saturated heterocycles. The van der Waals surface area contributed by atoms with Crippen LogP contribution in [-0.4, -0.2) is 35.4 Å². The number of amides is 1. The van der Waals surface area contributed by atoms with E-state index in [9.17, 15) is 14.4 Å². The predicted molar refractivity (Wildman–Crippen MR) is 59.4 cm³/mol. The molecule has 1 unspecified atom stereocenters. The molecular weight excluding hydrogens is 224 g/mol. The number of carboxylic acid groups (broad SMARTS) is 1. The molecule has 1 aromatic carbocycles. The van der Waals surface area contributed by atoms with Crippen LogP contribution in [0.2, 0.25) is 0 Å². The van der Waals surface area contributed by atoms with Gasteiger partial charge in [-0.1, -0.05) is 30.3 Å². The molecule has 0 spiro atoms. The zero-order valence-corrected chi connectivity index (χ0v) is 8.92. The van der Waals surface area contributed by atoms with Crippen molar-refractivity contribution in [3.63, 3.8) is 0 Å². The average molecular weight is 236 g/mol. The molecule has 17 heavy (non-hydrogen) atoms. The van der Waals surface area contributed by atoms with Gasteiger partial charge >= 0.3 is 5.97 Å². The zero-order valence-electron chi connectivity index (χ0n) is 8.92. The van der Waals surface area contributed by atoms with Crippen molar-refractivity contribution < 1.29 is 19.5 Å². The number of carbonyl (C=O) groups excluding carboxylic acids is 2. The number of nitrogens with two attached hydrogens (primary N) is 1. The Hall–Kier alpha value is -2.21. The molecule has 0 aromatic heterocycles. The van der Waals surface area contributed by atoms with Crippen molar-refractivity contribution in [2.75, 3.05) is 6.54 Å². The monoisotopic (exact) mass is 236 g/mol. The highest BCUT2D eigenvalue weighted by Crippen LogP contribution is 2.03. The molecule has 90 valence electrons. The summed E-state index contributed by atoms with van der Waals surface area (Å²) in [4.78, 5) is 33.7. The van der Waals surface area contributed by atoms with Crippen molar-refractivity contribution in [1.29, 1.82) is 0 Å². The van der Waals surface area contributed by atoms with Crippen molar-refractivity contribution in [1.82, 2.24) is 5.32 Å². The molecule has 0 aliphatic heterocycles. The smallest absolute Gasteiger partial charge is 0.334 e. The fourth-order valence-electron chi connectivity index (χ4n) is 1.23. The van der Waals surface area contributed by atoms with E-state index in [1.165, 1.54) is 12.1 Å². The lowest BCUT2D eigenvalue weighted by Crippen LogP contribution is -2.48. The van der Waals surface area contributed by atoms with Crippen LogP contribution in [0.25, 0.3) is 0 Å². The van der Waals surface area contributed by atoms with E-state index in [2.05, 4.69) is 5.32 Å². The Labute approximate surface area is 97.4 Å². The van der Waals surface area contributed by atoms with Crippen LogP contribution < -0.4 is 11.1 Å². The summed E-state index contributed by atoms with van der Waals surface area (Å²) < 4.78 is 0. The Kier molecular flexibility index (Phi) is 4.36. The molecule has 0 heterocycles. The molecule has 0 fully saturated rings. The maximum absolute atomic E-state index is 11.8. The lowest BCUT2D eigenvalue weighted by Gasteiger charge is -2.12.